The molecule has 0 radical (unpaired) electrons. The predicted molar refractivity (Wildman–Crippen MR) is 117 cm³/mol. The van der Waals surface area contributed by atoms with Gasteiger partial charge < -0.3 is 16.0 Å². The molecule has 7 heteroatoms. The van der Waals surface area contributed by atoms with E-state index in [1.54, 1.807) is 36.0 Å². The fourth-order valence-corrected chi connectivity index (χ4v) is 3.97. The zero-order chi connectivity index (χ0) is 20.8. The van der Waals surface area contributed by atoms with E-state index in [1.807, 2.05) is 6.07 Å². The van der Waals surface area contributed by atoms with Crippen molar-refractivity contribution in [1.82, 2.24) is 5.32 Å². The lowest BCUT2D eigenvalue weighted by Crippen LogP contribution is -2.40. The molecule has 2 aromatic rings. The van der Waals surface area contributed by atoms with E-state index in [4.69, 9.17) is 0 Å². The Kier molecular flexibility index (Phi) is 7.14. The third kappa shape index (κ3) is 5.97. The molecule has 3 N–H and O–H groups in total. The molecule has 0 saturated heterocycles. The molecular weight excluding hydrogens is 389 g/mol. The number of carbonyl (C=O) groups excluding carboxylic acids is 2. The van der Waals surface area contributed by atoms with Gasteiger partial charge in [-0.05, 0) is 48.2 Å². The number of nitrogens with one attached hydrogen (secondary N) is 3. The van der Waals surface area contributed by atoms with E-state index < -0.39 is 0 Å². The van der Waals surface area contributed by atoms with Crippen LogP contribution in [0.1, 0.15) is 36.2 Å². The molecule has 1 unspecified atom stereocenters. The van der Waals surface area contributed by atoms with Gasteiger partial charge in [0, 0.05) is 23.6 Å². The molecule has 3 rings (SSSR count). The smallest absolute Gasteiger partial charge is 0.251 e. The summed E-state index contributed by atoms with van der Waals surface area (Å²) in [4.78, 5) is 24.7. The summed E-state index contributed by atoms with van der Waals surface area (Å²) in [6.45, 7) is 4.85. The maximum absolute atomic E-state index is 13.0. The third-order valence-electron chi connectivity index (χ3n) is 4.66. The first-order valence-corrected chi connectivity index (χ1v) is 10.9. The number of thioether (sulfide) groups is 1. The quantitative estimate of drug-likeness (QED) is 0.602. The second kappa shape index (κ2) is 9.78. The van der Waals surface area contributed by atoms with Crippen LogP contribution in [-0.4, -0.2) is 30.2 Å². The fraction of sp³-hybridized carbons (Fsp3) is 0.364. The highest BCUT2D eigenvalue weighted by atomic mass is 32.2. The lowest BCUT2D eigenvalue weighted by Gasteiger charge is -2.27. The molecule has 0 spiro atoms. The number of halogens is 1. The van der Waals surface area contributed by atoms with E-state index in [9.17, 15) is 14.0 Å². The van der Waals surface area contributed by atoms with Crippen LogP contribution in [0, 0.1) is 11.7 Å². The maximum atomic E-state index is 13.0. The van der Waals surface area contributed by atoms with Gasteiger partial charge in [-0.15, -0.1) is 0 Å². The van der Waals surface area contributed by atoms with Gasteiger partial charge in [-0.1, -0.05) is 26.0 Å². The van der Waals surface area contributed by atoms with Gasteiger partial charge >= 0.3 is 0 Å². The van der Waals surface area contributed by atoms with Crippen molar-refractivity contribution in [3.8, 4) is 0 Å². The molecule has 0 aliphatic carbocycles. The van der Waals surface area contributed by atoms with Crippen molar-refractivity contribution in [2.24, 2.45) is 5.92 Å². The van der Waals surface area contributed by atoms with Crippen molar-refractivity contribution in [3.05, 3.63) is 59.4 Å². The highest BCUT2D eigenvalue weighted by Gasteiger charge is 2.26. The Labute approximate surface area is 174 Å². The second-order valence-electron chi connectivity index (χ2n) is 7.53. The van der Waals surface area contributed by atoms with E-state index in [2.05, 4.69) is 29.8 Å². The fourth-order valence-electron chi connectivity index (χ4n) is 2.96. The van der Waals surface area contributed by atoms with Crippen LogP contribution in [0.25, 0.3) is 0 Å². The summed E-state index contributed by atoms with van der Waals surface area (Å²) < 4.78 is 13.0. The van der Waals surface area contributed by atoms with Gasteiger partial charge in [0.2, 0.25) is 5.91 Å². The molecule has 29 heavy (non-hydrogen) atoms. The summed E-state index contributed by atoms with van der Waals surface area (Å²) in [6.07, 6.45) is 0.923. The van der Waals surface area contributed by atoms with Gasteiger partial charge in [-0.3, -0.25) is 9.59 Å². The number of rotatable bonds is 8. The van der Waals surface area contributed by atoms with Crippen molar-refractivity contribution < 1.29 is 14.0 Å². The second-order valence-corrected chi connectivity index (χ2v) is 8.56. The zero-order valence-electron chi connectivity index (χ0n) is 16.6. The molecule has 2 amide bonds. The van der Waals surface area contributed by atoms with Crippen LogP contribution in [0.4, 0.5) is 15.8 Å². The third-order valence-corrected chi connectivity index (χ3v) is 5.77. The molecular formula is C22H26FN3O2S. The summed E-state index contributed by atoms with van der Waals surface area (Å²) >= 11 is 1.61. The molecule has 1 aliphatic heterocycles. The highest BCUT2D eigenvalue weighted by molar-refractivity contribution is 7.98. The average molecular weight is 416 g/mol. The minimum atomic E-state index is -0.362. The largest absolute Gasteiger partial charge is 0.371 e. The monoisotopic (exact) mass is 415 g/mol. The van der Waals surface area contributed by atoms with Gasteiger partial charge in [0.05, 0.1) is 11.4 Å². The molecule has 1 heterocycles. The standard InChI is InChI=1S/C22H26FN3O2S/c1-14(2)9-10-24-21(27)16-5-8-18-19(11-16)26-22(28)20(25-18)13-29-12-15-3-6-17(23)7-4-15/h3-8,11,14,20,25H,9-10,12-13H2,1-2H3,(H,24,27)(H,26,28). The summed E-state index contributed by atoms with van der Waals surface area (Å²) in [6, 6.07) is 11.3. The number of fused-ring (bicyclic) bond motifs is 1. The Hall–Kier alpha value is -2.54. The summed E-state index contributed by atoms with van der Waals surface area (Å²) in [5.74, 6) is 1.30. The minimum Gasteiger partial charge on any atom is -0.371 e. The van der Waals surface area contributed by atoms with E-state index >= 15 is 0 Å². The molecule has 0 fully saturated rings. The molecule has 1 aliphatic rings. The van der Waals surface area contributed by atoms with Crippen LogP contribution >= 0.6 is 11.8 Å². The minimum absolute atomic E-state index is 0.124. The topological polar surface area (TPSA) is 70.2 Å². The number of carbonyl (C=O) groups is 2. The Morgan fingerprint density at radius 2 is 1.93 bits per heavy atom. The van der Waals surface area contributed by atoms with Crippen LogP contribution in [0.5, 0.6) is 0 Å². The Bertz CT molecular complexity index is 871. The van der Waals surface area contributed by atoms with Crippen LogP contribution in [-0.2, 0) is 10.5 Å². The van der Waals surface area contributed by atoms with Crippen LogP contribution in [0.15, 0.2) is 42.5 Å². The lowest BCUT2D eigenvalue weighted by molar-refractivity contribution is -0.116. The number of hydrogen-bond donors (Lipinski definition) is 3. The van der Waals surface area contributed by atoms with Gasteiger partial charge in [0.1, 0.15) is 11.9 Å². The summed E-state index contributed by atoms with van der Waals surface area (Å²) in [5.41, 5.74) is 2.96. The Morgan fingerprint density at radius 3 is 2.66 bits per heavy atom. The van der Waals surface area contributed by atoms with Crippen LogP contribution in [0.3, 0.4) is 0 Å². The SMILES string of the molecule is CC(C)CCNC(=O)c1ccc2c(c1)NC(=O)C(CSCc1ccc(F)cc1)N2. The molecule has 5 nitrogen and oxygen atoms in total. The van der Waals surface area contributed by atoms with Crippen molar-refractivity contribution in [2.75, 3.05) is 22.9 Å². The number of amides is 2. The van der Waals surface area contributed by atoms with Gasteiger partial charge in [-0.25, -0.2) is 4.39 Å². The lowest BCUT2D eigenvalue weighted by atomic mass is 10.1. The Balaban J connectivity index is 1.54. The molecule has 0 aromatic heterocycles. The first-order chi connectivity index (χ1) is 13.9. The van der Waals surface area contributed by atoms with Gasteiger partial charge in [-0.2, -0.15) is 11.8 Å². The zero-order valence-corrected chi connectivity index (χ0v) is 17.4. The van der Waals surface area contributed by atoms with Crippen LogP contribution < -0.4 is 16.0 Å². The van der Waals surface area contributed by atoms with E-state index in [0.717, 1.165) is 17.7 Å². The maximum Gasteiger partial charge on any atom is 0.251 e. The van der Waals surface area contributed by atoms with Crippen molar-refractivity contribution in [3.63, 3.8) is 0 Å². The molecule has 154 valence electrons. The van der Waals surface area contributed by atoms with Crippen molar-refractivity contribution in [2.45, 2.75) is 32.1 Å². The van der Waals surface area contributed by atoms with E-state index in [1.165, 1.54) is 12.1 Å². The number of hydrogen-bond acceptors (Lipinski definition) is 4. The van der Waals surface area contributed by atoms with Gasteiger partial charge in [0.15, 0.2) is 0 Å². The summed E-state index contributed by atoms with van der Waals surface area (Å²) in [5, 5.41) is 9.04. The highest BCUT2D eigenvalue weighted by Crippen LogP contribution is 2.29. The Morgan fingerprint density at radius 1 is 1.17 bits per heavy atom. The first kappa shape index (κ1) is 21.2. The average Bonchev–Trinajstić information content (AvgIpc) is 2.69. The normalized spacial score (nSPS) is 15.4. The number of anilines is 2. The molecule has 0 bridgehead atoms. The molecule has 0 saturated carbocycles. The molecule has 2 aromatic carbocycles. The predicted octanol–water partition coefficient (Wildman–Crippen LogP) is 4.27. The first-order valence-electron chi connectivity index (χ1n) is 9.74. The summed E-state index contributed by atoms with van der Waals surface area (Å²) in [7, 11) is 0. The number of benzene rings is 2. The van der Waals surface area contributed by atoms with Crippen molar-refractivity contribution >= 4 is 35.0 Å². The van der Waals surface area contributed by atoms with Gasteiger partial charge in [0.25, 0.3) is 5.91 Å². The van der Waals surface area contributed by atoms with E-state index in [-0.39, 0.29) is 23.7 Å². The van der Waals surface area contributed by atoms with Crippen LogP contribution in [0.2, 0.25) is 0 Å². The molecule has 1 atom stereocenters. The van der Waals surface area contributed by atoms with E-state index in [0.29, 0.717) is 35.2 Å². The van der Waals surface area contributed by atoms with Crippen molar-refractivity contribution in [1.29, 1.82) is 0 Å².